The molecule has 0 radical (unpaired) electrons. The van der Waals surface area contributed by atoms with Gasteiger partial charge in [0.1, 0.15) is 13.2 Å². The van der Waals surface area contributed by atoms with Gasteiger partial charge in [0.2, 0.25) is 0 Å². The number of primary amides is 1. The molecule has 164 valence electrons. The quantitative estimate of drug-likeness (QED) is 0.567. The molecular formula is C21H23FN4O5. The van der Waals surface area contributed by atoms with Crippen molar-refractivity contribution in [2.45, 2.75) is 19.2 Å². The number of fused-ring (bicyclic) bond motifs is 1. The number of amides is 1. The maximum Gasteiger partial charge on any atom is 0.398 e. The summed E-state index contributed by atoms with van der Waals surface area (Å²) in [6.07, 6.45) is 2.62. The molecule has 3 heterocycles. The summed E-state index contributed by atoms with van der Waals surface area (Å²) in [5.74, 6) is -1.54. The van der Waals surface area contributed by atoms with Gasteiger partial charge in [-0.1, -0.05) is 12.1 Å². The van der Waals surface area contributed by atoms with Crippen LogP contribution in [0.25, 0.3) is 0 Å². The number of para-hydroxylation sites is 1. The van der Waals surface area contributed by atoms with Gasteiger partial charge in [-0.2, -0.15) is 0 Å². The van der Waals surface area contributed by atoms with Crippen molar-refractivity contribution in [2.24, 2.45) is 5.73 Å². The van der Waals surface area contributed by atoms with Crippen LogP contribution in [-0.4, -0.2) is 60.3 Å². The minimum Gasteiger partial charge on any atom is -0.486 e. The highest BCUT2D eigenvalue weighted by molar-refractivity contribution is 6.31. The van der Waals surface area contributed by atoms with Crippen molar-refractivity contribution in [1.82, 2.24) is 9.88 Å². The predicted octanol–water partition coefficient (Wildman–Crippen LogP) is 1.06. The number of anilines is 1. The van der Waals surface area contributed by atoms with E-state index in [0.717, 1.165) is 11.8 Å². The molecule has 1 atom stereocenters. The minimum absolute atomic E-state index is 0.124. The average Bonchev–Trinajstić information content (AvgIpc) is 2.75. The highest BCUT2D eigenvalue weighted by atomic mass is 19.1. The van der Waals surface area contributed by atoms with Crippen molar-refractivity contribution in [3.8, 4) is 11.5 Å². The van der Waals surface area contributed by atoms with E-state index in [1.807, 2.05) is 23.1 Å². The number of pyridine rings is 1. The van der Waals surface area contributed by atoms with E-state index in [4.69, 9.17) is 19.9 Å². The monoisotopic (exact) mass is 430 g/mol. The number of halogens is 1. The second-order valence-corrected chi connectivity index (χ2v) is 7.54. The molecule has 1 aromatic carbocycles. The van der Waals surface area contributed by atoms with Gasteiger partial charge in [0.05, 0.1) is 18.4 Å². The average molecular weight is 430 g/mol. The van der Waals surface area contributed by atoms with Gasteiger partial charge in [0.25, 0.3) is 0 Å². The van der Waals surface area contributed by atoms with Crippen LogP contribution in [0.1, 0.15) is 12.5 Å². The summed E-state index contributed by atoms with van der Waals surface area (Å²) in [4.78, 5) is 30.9. The van der Waals surface area contributed by atoms with Crippen molar-refractivity contribution >= 4 is 17.6 Å². The molecule has 4 rings (SSSR count). The van der Waals surface area contributed by atoms with Crippen LogP contribution in [0.5, 0.6) is 11.5 Å². The minimum atomic E-state index is -1.25. The van der Waals surface area contributed by atoms with E-state index in [9.17, 15) is 14.0 Å². The van der Waals surface area contributed by atoms with Crippen molar-refractivity contribution < 1.29 is 28.2 Å². The van der Waals surface area contributed by atoms with Crippen LogP contribution >= 0.6 is 0 Å². The highest BCUT2D eigenvalue weighted by Crippen LogP contribution is 2.36. The lowest BCUT2D eigenvalue weighted by Crippen LogP contribution is -2.63. The summed E-state index contributed by atoms with van der Waals surface area (Å²) in [7, 11) is 0. The predicted molar refractivity (Wildman–Crippen MR) is 108 cm³/mol. The number of nitrogens with zero attached hydrogens (tertiary/aromatic N) is 3. The maximum absolute atomic E-state index is 14.3. The molecule has 2 aliphatic rings. The Hall–Kier alpha value is -3.40. The van der Waals surface area contributed by atoms with Crippen molar-refractivity contribution in [3.05, 3.63) is 48.0 Å². The number of hydrogen-bond donors (Lipinski definition) is 1. The zero-order chi connectivity index (χ0) is 22.0. The number of piperazine rings is 1. The number of rotatable bonds is 4. The summed E-state index contributed by atoms with van der Waals surface area (Å²) in [5, 5.41) is 0. The molecule has 1 aromatic heterocycles. The zero-order valence-corrected chi connectivity index (χ0v) is 17.0. The molecule has 1 fully saturated rings. The van der Waals surface area contributed by atoms with Crippen LogP contribution < -0.4 is 20.1 Å². The lowest BCUT2D eigenvalue weighted by Gasteiger charge is -2.48. The van der Waals surface area contributed by atoms with Crippen LogP contribution in [0.15, 0.2) is 36.7 Å². The molecule has 31 heavy (non-hydrogen) atoms. The van der Waals surface area contributed by atoms with Crippen molar-refractivity contribution in [3.63, 3.8) is 0 Å². The number of ether oxygens (including phenoxy) is 3. The summed E-state index contributed by atoms with van der Waals surface area (Å²) in [6.45, 7) is 3.96. The van der Waals surface area contributed by atoms with Gasteiger partial charge in [0.15, 0.2) is 23.0 Å². The van der Waals surface area contributed by atoms with Gasteiger partial charge in [0, 0.05) is 31.4 Å². The highest BCUT2D eigenvalue weighted by Gasteiger charge is 2.43. The summed E-state index contributed by atoms with van der Waals surface area (Å²) in [6, 6.07) is 7.14. The Morgan fingerprint density at radius 2 is 2.06 bits per heavy atom. The van der Waals surface area contributed by atoms with E-state index in [1.165, 1.54) is 6.20 Å². The second kappa shape index (κ2) is 8.38. The molecule has 2 aliphatic heterocycles. The van der Waals surface area contributed by atoms with E-state index in [-0.39, 0.29) is 6.54 Å². The van der Waals surface area contributed by atoms with Gasteiger partial charge in [-0.15, -0.1) is 0 Å². The van der Waals surface area contributed by atoms with Crippen LogP contribution in [0.3, 0.4) is 0 Å². The first-order valence-electron chi connectivity index (χ1n) is 9.87. The fourth-order valence-corrected chi connectivity index (χ4v) is 3.90. The molecule has 0 spiro atoms. The number of hydrogen-bond acceptors (Lipinski definition) is 8. The number of aromatic nitrogens is 1. The summed E-state index contributed by atoms with van der Waals surface area (Å²) >= 11 is 0. The Morgan fingerprint density at radius 3 is 2.84 bits per heavy atom. The van der Waals surface area contributed by atoms with Crippen molar-refractivity contribution in [2.75, 3.05) is 37.7 Å². The zero-order valence-electron chi connectivity index (χ0n) is 17.0. The molecule has 2 N–H and O–H groups in total. The SMILES string of the molecule is CC1(OC(=O)C(N)=O)CN(c2ccncc2F)CCN1Cc1cccc2c1OCCO2. The normalized spacial score (nSPS) is 20.9. The smallest absolute Gasteiger partial charge is 0.398 e. The maximum atomic E-state index is 14.3. The molecule has 0 aliphatic carbocycles. The van der Waals surface area contributed by atoms with Gasteiger partial charge in [-0.3, -0.25) is 14.7 Å². The number of carbonyl (C=O) groups is 2. The summed E-state index contributed by atoms with van der Waals surface area (Å²) < 4.78 is 31.3. The van der Waals surface area contributed by atoms with Crippen LogP contribution in [0, 0.1) is 5.82 Å². The van der Waals surface area contributed by atoms with Crippen LogP contribution in [0.4, 0.5) is 10.1 Å². The van der Waals surface area contributed by atoms with Gasteiger partial charge in [-0.05, 0) is 19.1 Å². The van der Waals surface area contributed by atoms with Crippen molar-refractivity contribution in [1.29, 1.82) is 0 Å². The molecule has 1 amide bonds. The molecule has 9 nitrogen and oxygen atoms in total. The van der Waals surface area contributed by atoms with Gasteiger partial charge in [-0.25, -0.2) is 9.18 Å². The number of carbonyl (C=O) groups excluding carboxylic acids is 2. The first-order valence-corrected chi connectivity index (χ1v) is 9.87. The van der Waals surface area contributed by atoms with Gasteiger partial charge >= 0.3 is 11.9 Å². The molecule has 10 heteroatoms. The first kappa shape index (κ1) is 20.9. The Morgan fingerprint density at radius 1 is 1.26 bits per heavy atom. The third-order valence-electron chi connectivity index (χ3n) is 5.41. The standard InChI is InChI=1S/C21H23FN4O5/c1-21(31-20(28)19(23)27)13-25(16-5-6-24-11-15(16)22)7-8-26(21)12-14-3-2-4-17-18(14)30-10-9-29-17/h2-6,11H,7-10,12-13H2,1H3,(H2,23,27). The van der Waals surface area contributed by atoms with Gasteiger partial charge < -0.3 is 24.8 Å². The number of benzene rings is 1. The summed E-state index contributed by atoms with van der Waals surface area (Å²) in [5.41, 5.74) is 5.06. The first-order chi connectivity index (χ1) is 14.9. The van der Waals surface area contributed by atoms with E-state index in [1.54, 1.807) is 17.9 Å². The molecule has 2 aromatic rings. The molecule has 0 saturated carbocycles. The Labute approximate surface area is 178 Å². The topological polar surface area (TPSA) is 107 Å². The fourth-order valence-electron chi connectivity index (χ4n) is 3.90. The van der Waals surface area contributed by atoms with Crippen LogP contribution in [0.2, 0.25) is 0 Å². The lowest BCUT2D eigenvalue weighted by atomic mass is 10.1. The third kappa shape index (κ3) is 4.24. The molecule has 0 bridgehead atoms. The second-order valence-electron chi connectivity index (χ2n) is 7.54. The van der Waals surface area contributed by atoms with E-state index >= 15 is 0 Å². The lowest BCUT2D eigenvalue weighted by molar-refractivity contribution is -0.186. The number of nitrogens with two attached hydrogens (primary N) is 1. The van der Waals surface area contributed by atoms with E-state index < -0.39 is 23.4 Å². The van der Waals surface area contributed by atoms with E-state index in [2.05, 4.69) is 4.98 Å². The largest absolute Gasteiger partial charge is 0.486 e. The fraction of sp³-hybridized carbons (Fsp3) is 0.381. The van der Waals surface area contributed by atoms with E-state index in [0.29, 0.717) is 50.0 Å². The molecular weight excluding hydrogens is 407 g/mol. The third-order valence-corrected chi connectivity index (χ3v) is 5.41. The Bertz CT molecular complexity index is 1000. The van der Waals surface area contributed by atoms with Crippen LogP contribution in [-0.2, 0) is 20.9 Å². The number of esters is 1. The Balaban J connectivity index is 1.63. The Kier molecular flexibility index (Phi) is 5.64. The molecule has 1 saturated heterocycles. The molecule has 1 unspecified atom stereocenters.